The number of unbranched alkanes of at least 4 members (excludes halogenated alkanes) is 2. The number of hydrogen-bond acceptors (Lipinski definition) is 6. The molecular formula is C31H44N3O4+. The molecule has 7 nitrogen and oxygen atoms in total. The van der Waals surface area contributed by atoms with Gasteiger partial charge in [0.1, 0.15) is 31.1 Å². The Bertz CT molecular complexity index is 1050. The number of quaternary nitrogens is 1. The smallest absolute Gasteiger partial charge is 0.306 e. The van der Waals surface area contributed by atoms with Gasteiger partial charge in [-0.05, 0) is 79.8 Å². The van der Waals surface area contributed by atoms with Gasteiger partial charge in [0.25, 0.3) is 0 Å². The van der Waals surface area contributed by atoms with Crippen LogP contribution < -0.4 is 10.5 Å². The highest BCUT2D eigenvalue weighted by Crippen LogP contribution is 2.29. The van der Waals surface area contributed by atoms with E-state index in [1.807, 2.05) is 6.07 Å². The first-order valence-electron chi connectivity index (χ1n) is 13.9. The summed E-state index contributed by atoms with van der Waals surface area (Å²) in [5, 5.41) is 20.2. The molecule has 0 saturated carbocycles. The molecule has 0 fully saturated rings. The minimum absolute atomic E-state index is 0.111. The number of nitrogens with two attached hydrogens (primary N) is 1. The zero-order valence-electron chi connectivity index (χ0n) is 23.0. The van der Waals surface area contributed by atoms with E-state index in [9.17, 15) is 15.2 Å². The molecule has 2 aromatic rings. The van der Waals surface area contributed by atoms with E-state index in [1.165, 1.54) is 11.1 Å². The van der Waals surface area contributed by atoms with Crippen LogP contribution in [-0.4, -0.2) is 68.6 Å². The molecule has 0 aromatic heterocycles. The van der Waals surface area contributed by atoms with E-state index in [1.54, 1.807) is 12.1 Å². The number of likely N-dealkylation sites (N-methyl/N-ethyl adjacent to an activating group) is 1. The number of aryl methyl sites for hydroxylation is 1. The fraction of sp³-hybridized carbons (Fsp3) is 0.548. The van der Waals surface area contributed by atoms with Gasteiger partial charge < -0.3 is 24.8 Å². The van der Waals surface area contributed by atoms with Crippen LogP contribution in [0.2, 0.25) is 0 Å². The zero-order valence-corrected chi connectivity index (χ0v) is 23.0. The summed E-state index contributed by atoms with van der Waals surface area (Å²) < 4.78 is 11.9. The maximum absolute atomic E-state index is 12.0. The van der Waals surface area contributed by atoms with Gasteiger partial charge in [0.05, 0.1) is 32.8 Å². The number of benzene rings is 2. The highest BCUT2D eigenvalue weighted by Gasteiger charge is 2.26. The van der Waals surface area contributed by atoms with E-state index in [0.717, 1.165) is 50.6 Å². The van der Waals surface area contributed by atoms with Crippen LogP contribution in [0.5, 0.6) is 5.75 Å². The largest absolute Gasteiger partial charge is 0.489 e. The third kappa shape index (κ3) is 9.75. The number of carbonyl (C=O) groups excluding carboxylic acids is 1. The zero-order chi connectivity index (χ0) is 27.4. The van der Waals surface area contributed by atoms with E-state index in [4.69, 9.17) is 15.2 Å². The summed E-state index contributed by atoms with van der Waals surface area (Å²) in [7, 11) is 4.29. The molecule has 0 unspecified atom stereocenters. The molecule has 1 aliphatic carbocycles. The molecule has 0 radical (unpaired) electrons. The molecule has 0 heterocycles. The van der Waals surface area contributed by atoms with Crippen LogP contribution in [0.15, 0.2) is 42.5 Å². The third-order valence-corrected chi connectivity index (χ3v) is 7.31. The topological polar surface area (TPSA) is 106 Å². The maximum Gasteiger partial charge on any atom is 0.306 e. The standard InChI is InChI=1S/C31H44N3O4/c1-34(2,16-14-25-18-26-8-4-5-9-27(26)19-25)22-29(35)23-38-30-20-24(10-12-28(30)21-33)11-13-31(36)37-17-7-3-6-15-32/h4-5,8-10,12,20,25,29,35H,3,6-7,11,13-19,22-23,32H2,1-2H3/q+1/t29-/m1/s1. The molecule has 3 rings (SSSR count). The van der Waals surface area contributed by atoms with Crippen LogP contribution in [0, 0.1) is 17.2 Å². The first-order valence-corrected chi connectivity index (χ1v) is 13.9. The van der Waals surface area contributed by atoms with Gasteiger partial charge >= 0.3 is 5.97 Å². The molecule has 1 aliphatic rings. The third-order valence-electron chi connectivity index (χ3n) is 7.31. The molecule has 38 heavy (non-hydrogen) atoms. The van der Waals surface area contributed by atoms with Crippen LogP contribution >= 0.6 is 0 Å². The molecule has 3 N–H and O–H groups in total. The minimum Gasteiger partial charge on any atom is -0.489 e. The second-order valence-electron chi connectivity index (χ2n) is 11.2. The summed E-state index contributed by atoms with van der Waals surface area (Å²) in [6, 6.07) is 16.2. The van der Waals surface area contributed by atoms with Gasteiger partial charge in [0, 0.05) is 12.8 Å². The molecule has 0 spiro atoms. The van der Waals surface area contributed by atoms with Crippen molar-refractivity contribution in [1.29, 1.82) is 5.26 Å². The number of aliphatic hydroxyl groups is 1. The lowest BCUT2D eigenvalue weighted by Crippen LogP contribution is -2.48. The van der Waals surface area contributed by atoms with Gasteiger partial charge in [-0.25, -0.2) is 0 Å². The van der Waals surface area contributed by atoms with Crippen molar-refractivity contribution in [3.05, 3.63) is 64.7 Å². The van der Waals surface area contributed by atoms with Crippen molar-refractivity contribution in [2.24, 2.45) is 11.7 Å². The lowest BCUT2D eigenvalue weighted by Gasteiger charge is -2.32. The van der Waals surface area contributed by atoms with Crippen molar-refractivity contribution in [3.8, 4) is 11.8 Å². The molecule has 0 saturated heterocycles. The van der Waals surface area contributed by atoms with Gasteiger partial charge in [0.2, 0.25) is 0 Å². The summed E-state index contributed by atoms with van der Waals surface area (Å²) in [4.78, 5) is 12.0. The van der Waals surface area contributed by atoms with Crippen molar-refractivity contribution < 1.29 is 23.9 Å². The van der Waals surface area contributed by atoms with Gasteiger partial charge in [-0.1, -0.05) is 30.3 Å². The highest BCUT2D eigenvalue weighted by molar-refractivity contribution is 5.69. The Morgan fingerprint density at radius 3 is 2.58 bits per heavy atom. The first-order chi connectivity index (χ1) is 18.3. The average molecular weight is 523 g/mol. The van der Waals surface area contributed by atoms with Crippen LogP contribution in [0.4, 0.5) is 0 Å². The Balaban J connectivity index is 1.42. The molecule has 7 heteroatoms. The summed E-state index contributed by atoms with van der Waals surface area (Å²) in [6.45, 7) is 2.73. The summed E-state index contributed by atoms with van der Waals surface area (Å²) in [5.74, 6) is 0.863. The molecule has 0 amide bonds. The predicted molar refractivity (Wildman–Crippen MR) is 149 cm³/mol. The number of ether oxygens (including phenoxy) is 2. The van der Waals surface area contributed by atoms with Crippen molar-refractivity contribution >= 4 is 5.97 Å². The van der Waals surface area contributed by atoms with E-state index in [0.29, 0.717) is 47.8 Å². The van der Waals surface area contributed by atoms with E-state index < -0.39 is 6.10 Å². The molecule has 0 aliphatic heterocycles. The van der Waals surface area contributed by atoms with Crippen LogP contribution in [0.25, 0.3) is 0 Å². The maximum atomic E-state index is 12.0. The van der Waals surface area contributed by atoms with E-state index in [-0.39, 0.29) is 19.0 Å². The molecule has 1 atom stereocenters. The predicted octanol–water partition coefficient (Wildman–Crippen LogP) is 3.78. The Morgan fingerprint density at radius 2 is 1.89 bits per heavy atom. The Labute approximate surface area is 227 Å². The lowest BCUT2D eigenvalue weighted by molar-refractivity contribution is -0.894. The van der Waals surface area contributed by atoms with Crippen LogP contribution in [-0.2, 0) is 28.8 Å². The first kappa shape index (κ1) is 29.6. The Kier molecular flexibility index (Phi) is 11.6. The SMILES string of the molecule is C[N+](C)(CCC1Cc2ccccc2C1)C[C@@H](O)COc1cc(CCC(=O)OCCCCCN)ccc1C#N. The van der Waals surface area contributed by atoms with Crippen molar-refractivity contribution in [1.82, 2.24) is 0 Å². The minimum atomic E-state index is -0.657. The van der Waals surface area contributed by atoms with Gasteiger partial charge in [-0.3, -0.25) is 4.79 Å². The van der Waals surface area contributed by atoms with Gasteiger partial charge in [0.15, 0.2) is 0 Å². The van der Waals surface area contributed by atoms with Gasteiger partial charge in [-0.15, -0.1) is 0 Å². The fourth-order valence-corrected chi connectivity index (χ4v) is 5.15. The number of nitrogens with zero attached hydrogens (tertiary/aromatic N) is 2. The average Bonchev–Trinajstić information content (AvgIpc) is 3.32. The van der Waals surface area contributed by atoms with Gasteiger partial charge in [-0.2, -0.15) is 5.26 Å². The fourth-order valence-electron chi connectivity index (χ4n) is 5.15. The van der Waals surface area contributed by atoms with Crippen molar-refractivity contribution in [2.45, 2.75) is 57.5 Å². The Hall–Kier alpha value is -2.92. The van der Waals surface area contributed by atoms with E-state index in [2.05, 4.69) is 44.4 Å². The van der Waals surface area contributed by atoms with Crippen LogP contribution in [0.1, 0.15) is 54.4 Å². The second-order valence-corrected chi connectivity index (χ2v) is 11.2. The summed E-state index contributed by atoms with van der Waals surface area (Å²) in [6.07, 6.45) is 6.23. The molecule has 206 valence electrons. The summed E-state index contributed by atoms with van der Waals surface area (Å²) in [5.41, 5.74) is 9.73. The lowest BCUT2D eigenvalue weighted by atomic mass is 10.0. The molecule has 2 aromatic carbocycles. The van der Waals surface area contributed by atoms with E-state index >= 15 is 0 Å². The summed E-state index contributed by atoms with van der Waals surface area (Å²) >= 11 is 0. The number of nitriles is 1. The normalized spacial score (nSPS) is 14.1. The number of hydrogen-bond donors (Lipinski definition) is 2. The molecule has 0 bridgehead atoms. The monoisotopic (exact) mass is 522 g/mol. The van der Waals surface area contributed by atoms with Crippen molar-refractivity contribution in [3.63, 3.8) is 0 Å². The number of fused-ring (bicyclic) bond motifs is 1. The number of aliphatic hydroxyl groups excluding tert-OH is 1. The Morgan fingerprint density at radius 1 is 1.16 bits per heavy atom. The second kappa shape index (κ2) is 14.9. The number of carbonyl (C=O) groups is 1. The highest BCUT2D eigenvalue weighted by atomic mass is 16.5. The molecular weight excluding hydrogens is 478 g/mol. The number of rotatable bonds is 16. The van der Waals surface area contributed by atoms with Crippen molar-refractivity contribution in [2.75, 3.05) is 46.9 Å². The van der Waals surface area contributed by atoms with Crippen LogP contribution in [0.3, 0.4) is 0 Å². The quantitative estimate of drug-likeness (QED) is 0.197. The number of esters is 1.